The fourth-order valence-electron chi connectivity index (χ4n) is 4.99. The molecule has 33 heavy (non-hydrogen) atoms. The van der Waals surface area contributed by atoms with Crippen molar-refractivity contribution in [2.24, 2.45) is 17.6 Å². The van der Waals surface area contributed by atoms with Gasteiger partial charge in [0.25, 0.3) is 0 Å². The summed E-state index contributed by atoms with van der Waals surface area (Å²) < 4.78 is 6.21. The molecule has 2 heterocycles. The van der Waals surface area contributed by atoms with Gasteiger partial charge in [0.05, 0.1) is 18.9 Å². The number of benzene rings is 1. The van der Waals surface area contributed by atoms with Crippen molar-refractivity contribution >= 4 is 39.7 Å². The molecule has 2 fully saturated rings. The number of hydrogen-bond donors (Lipinski definition) is 4. The Labute approximate surface area is 200 Å². The summed E-state index contributed by atoms with van der Waals surface area (Å²) >= 11 is 3.42. The van der Waals surface area contributed by atoms with E-state index in [0.29, 0.717) is 11.3 Å². The Hall–Kier alpha value is -2.66. The number of halogens is 1. The Kier molecular flexibility index (Phi) is 6.77. The lowest BCUT2D eigenvalue weighted by atomic mass is 9.77. The standard InChI is InChI=1S/C22H29BrN4O6/c1-21(2,3)27-17(28)14-15(18(27)29)22(19(30)31,8-5-9-25-20(24)32)26-16(14)12-10-11(23)6-7-13(12)33-4/h6-7,10,14-16,26H,5,8-9H2,1-4H3,(H,30,31)(H3,24,25,32). The van der Waals surface area contributed by atoms with Crippen LogP contribution in [-0.2, 0) is 14.4 Å². The Bertz CT molecular complexity index is 994. The number of amides is 4. The molecule has 2 aliphatic heterocycles. The third-order valence-corrected chi connectivity index (χ3v) is 6.77. The van der Waals surface area contributed by atoms with Crippen LogP contribution in [0.15, 0.2) is 22.7 Å². The van der Waals surface area contributed by atoms with Gasteiger partial charge in [0.1, 0.15) is 11.3 Å². The van der Waals surface area contributed by atoms with Gasteiger partial charge in [-0.15, -0.1) is 0 Å². The Morgan fingerprint density at radius 2 is 1.97 bits per heavy atom. The van der Waals surface area contributed by atoms with Crippen molar-refractivity contribution in [1.29, 1.82) is 0 Å². The van der Waals surface area contributed by atoms with E-state index in [1.807, 2.05) is 0 Å². The van der Waals surface area contributed by atoms with Crippen LogP contribution >= 0.6 is 15.9 Å². The van der Waals surface area contributed by atoms with Crippen molar-refractivity contribution in [3.8, 4) is 5.75 Å². The number of likely N-dealkylation sites (tertiary alicyclic amines) is 1. The first-order valence-corrected chi connectivity index (χ1v) is 11.4. The average molecular weight is 525 g/mol. The van der Waals surface area contributed by atoms with Gasteiger partial charge < -0.3 is 20.9 Å². The van der Waals surface area contributed by atoms with Crippen molar-refractivity contribution in [2.45, 2.75) is 50.7 Å². The number of primary amides is 1. The third-order valence-electron chi connectivity index (χ3n) is 6.28. The number of carboxylic acids is 1. The van der Waals surface area contributed by atoms with E-state index in [2.05, 4.69) is 26.6 Å². The highest BCUT2D eigenvalue weighted by atomic mass is 79.9. The van der Waals surface area contributed by atoms with Crippen LogP contribution in [0.4, 0.5) is 4.79 Å². The number of hydrogen-bond acceptors (Lipinski definition) is 6. The molecule has 0 saturated carbocycles. The van der Waals surface area contributed by atoms with Gasteiger partial charge in [-0.2, -0.15) is 0 Å². The lowest BCUT2D eigenvalue weighted by Gasteiger charge is -2.35. The van der Waals surface area contributed by atoms with E-state index < -0.39 is 52.8 Å². The van der Waals surface area contributed by atoms with Crippen molar-refractivity contribution in [1.82, 2.24) is 15.5 Å². The summed E-state index contributed by atoms with van der Waals surface area (Å²) in [6.45, 7) is 5.36. The second kappa shape index (κ2) is 8.94. The molecule has 4 unspecified atom stereocenters. The molecule has 1 aromatic carbocycles. The largest absolute Gasteiger partial charge is 0.496 e. The molecule has 0 radical (unpaired) electrons. The molecule has 0 spiro atoms. The molecule has 1 aromatic rings. The molecular weight excluding hydrogens is 496 g/mol. The lowest BCUT2D eigenvalue weighted by molar-refractivity contribution is -0.154. The molecule has 180 valence electrons. The van der Waals surface area contributed by atoms with Crippen LogP contribution in [0.3, 0.4) is 0 Å². The number of carbonyl (C=O) groups excluding carboxylic acids is 3. The molecule has 10 nitrogen and oxygen atoms in total. The number of ether oxygens (including phenoxy) is 1. The highest BCUT2D eigenvalue weighted by molar-refractivity contribution is 9.10. The number of nitrogens with two attached hydrogens (primary N) is 1. The van der Waals surface area contributed by atoms with Gasteiger partial charge in [-0.05, 0) is 51.8 Å². The molecule has 3 rings (SSSR count). The van der Waals surface area contributed by atoms with Crippen LogP contribution in [0.1, 0.15) is 45.2 Å². The number of methoxy groups -OCH3 is 1. The summed E-state index contributed by atoms with van der Waals surface area (Å²) in [5.74, 6) is -3.75. The van der Waals surface area contributed by atoms with Crippen molar-refractivity contribution < 1.29 is 29.0 Å². The summed E-state index contributed by atoms with van der Waals surface area (Å²) in [6, 6.07) is 3.76. The monoisotopic (exact) mass is 524 g/mol. The van der Waals surface area contributed by atoms with Crippen molar-refractivity contribution in [3.63, 3.8) is 0 Å². The Balaban J connectivity index is 2.13. The van der Waals surface area contributed by atoms with Gasteiger partial charge in [-0.25, -0.2) is 4.79 Å². The number of nitrogens with zero attached hydrogens (tertiary/aromatic N) is 1. The molecule has 5 N–H and O–H groups in total. The number of urea groups is 1. The van der Waals surface area contributed by atoms with Crippen LogP contribution in [0, 0.1) is 11.8 Å². The minimum Gasteiger partial charge on any atom is -0.496 e. The van der Waals surface area contributed by atoms with Crippen LogP contribution in [-0.4, -0.2) is 58.6 Å². The summed E-state index contributed by atoms with van der Waals surface area (Å²) in [5.41, 5.74) is 3.16. The SMILES string of the molecule is COc1ccc(Br)cc1C1NC(CCCNC(N)=O)(C(=O)O)C2C(=O)N(C(C)(C)C)C(=O)C12. The topological polar surface area (TPSA) is 151 Å². The zero-order valence-corrected chi connectivity index (χ0v) is 20.6. The quantitative estimate of drug-likeness (QED) is 0.313. The number of carboxylic acid groups (broad SMARTS) is 1. The van der Waals surface area contributed by atoms with E-state index in [1.54, 1.807) is 39.0 Å². The zero-order chi connectivity index (χ0) is 24.7. The van der Waals surface area contributed by atoms with E-state index >= 15 is 0 Å². The number of nitrogens with one attached hydrogen (secondary N) is 2. The minimum absolute atomic E-state index is 0.00754. The normalized spacial score (nSPS) is 26.9. The average Bonchev–Trinajstić information content (AvgIpc) is 3.19. The third kappa shape index (κ3) is 4.31. The van der Waals surface area contributed by atoms with E-state index in [0.717, 1.165) is 4.47 Å². The fraction of sp³-hybridized carbons (Fsp3) is 0.545. The number of imide groups is 1. The predicted octanol–water partition coefficient (Wildman–Crippen LogP) is 1.77. The van der Waals surface area contributed by atoms with Crippen LogP contribution in [0.2, 0.25) is 0 Å². The van der Waals surface area contributed by atoms with Gasteiger partial charge >= 0.3 is 12.0 Å². The summed E-state index contributed by atoms with van der Waals surface area (Å²) in [6.07, 6.45) is 0.248. The van der Waals surface area contributed by atoms with E-state index in [1.165, 1.54) is 12.0 Å². The smallest absolute Gasteiger partial charge is 0.324 e. The molecule has 0 aliphatic carbocycles. The highest BCUT2D eigenvalue weighted by Gasteiger charge is 2.69. The number of aliphatic carboxylic acids is 1. The van der Waals surface area contributed by atoms with Gasteiger partial charge in [-0.1, -0.05) is 15.9 Å². The van der Waals surface area contributed by atoms with Crippen LogP contribution in [0.5, 0.6) is 5.75 Å². The molecule has 2 aliphatic rings. The van der Waals surface area contributed by atoms with Crippen molar-refractivity contribution in [2.75, 3.05) is 13.7 Å². The second-order valence-corrected chi connectivity index (χ2v) is 10.3. The summed E-state index contributed by atoms with van der Waals surface area (Å²) in [4.78, 5) is 52.1. The molecular formula is C22H29BrN4O6. The first kappa shape index (κ1) is 25.0. The minimum atomic E-state index is -1.71. The highest BCUT2D eigenvalue weighted by Crippen LogP contribution is 2.53. The van der Waals surface area contributed by atoms with Crippen LogP contribution in [0.25, 0.3) is 0 Å². The van der Waals surface area contributed by atoms with Gasteiger partial charge in [0.2, 0.25) is 11.8 Å². The van der Waals surface area contributed by atoms with E-state index in [9.17, 15) is 24.3 Å². The maximum atomic E-state index is 13.6. The zero-order valence-electron chi connectivity index (χ0n) is 19.0. The summed E-state index contributed by atoms with van der Waals surface area (Å²) in [5, 5.41) is 15.9. The second-order valence-electron chi connectivity index (χ2n) is 9.37. The molecule has 2 saturated heterocycles. The molecule has 11 heteroatoms. The first-order valence-electron chi connectivity index (χ1n) is 10.6. The molecule has 0 aromatic heterocycles. The van der Waals surface area contributed by atoms with Crippen molar-refractivity contribution in [3.05, 3.63) is 28.2 Å². The van der Waals surface area contributed by atoms with Crippen LogP contribution < -0.4 is 21.1 Å². The fourth-order valence-corrected chi connectivity index (χ4v) is 5.37. The summed E-state index contributed by atoms with van der Waals surface area (Å²) in [7, 11) is 1.49. The van der Waals surface area contributed by atoms with Gasteiger partial charge in [0.15, 0.2) is 0 Å². The van der Waals surface area contributed by atoms with Gasteiger partial charge in [-0.3, -0.25) is 24.6 Å². The Morgan fingerprint density at radius 3 is 2.52 bits per heavy atom. The molecule has 4 amide bonds. The maximum absolute atomic E-state index is 13.6. The van der Waals surface area contributed by atoms with E-state index in [-0.39, 0.29) is 19.4 Å². The first-order chi connectivity index (χ1) is 15.3. The number of fused-ring (bicyclic) bond motifs is 1. The lowest BCUT2D eigenvalue weighted by Crippen LogP contribution is -2.57. The van der Waals surface area contributed by atoms with Gasteiger partial charge in [0, 0.05) is 28.2 Å². The van der Waals surface area contributed by atoms with E-state index in [4.69, 9.17) is 10.5 Å². The molecule has 4 atom stereocenters. The Morgan fingerprint density at radius 1 is 1.30 bits per heavy atom. The maximum Gasteiger partial charge on any atom is 0.324 e. The predicted molar refractivity (Wildman–Crippen MR) is 122 cm³/mol. The number of rotatable bonds is 7. The molecule has 0 bridgehead atoms. The number of carbonyl (C=O) groups is 4.